The predicted octanol–water partition coefficient (Wildman–Crippen LogP) is 2.74. The van der Waals surface area contributed by atoms with Crippen LogP contribution in [0.2, 0.25) is 0 Å². The first kappa shape index (κ1) is 17.6. The summed E-state index contributed by atoms with van der Waals surface area (Å²) in [6, 6.07) is 3.69. The minimum Gasteiger partial charge on any atom is -0.265 e. The van der Waals surface area contributed by atoms with Crippen molar-refractivity contribution in [3.8, 4) is 0 Å². The zero-order valence-electron chi connectivity index (χ0n) is 11.9. The molecule has 0 radical (unpaired) electrons. The smallest absolute Gasteiger partial charge is 0.211 e. The van der Waals surface area contributed by atoms with Crippen molar-refractivity contribution >= 4 is 26.0 Å². The normalized spacial score (nSPS) is 13.3. The van der Waals surface area contributed by atoms with Gasteiger partial charge in [0.15, 0.2) is 0 Å². The zero-order valence-corrected chi connectivity index (χ0v) is 14.3. The van der Waals surface area contributed by atoms with Crippen molar-refractivity contribution in [2.45, 2.75) is 32.6 Å². The van der Waals surface area contributed by atoms with E-state index >= 15 is 0 Å². The number of halogens is 1. The molecule has 1 unspecified atom stereocenters. The Balaban J connectivity index is 2.40. The summed E-state index contributed by atoms with van der Waals surface area (Å²) in [7, 11) is -3.20. The Morgan fingerprint density at radius 3 is 2.60 bits per heavy atom. The van der Waals surface area contributed by atoms with Gasteiger partial charge in [0, 0.05) is 24.3 Å². The molecule has 0 bridgehead atoms. The van der Waals surface area contributed by atoms with Crippen molar-refractivity contribution < 1.29 is 8.42 Å². The second kappa shape index (κ2) is 9.47. The first-order valence-corrected chi connectivity index (χ1v) is 9.77. The first-order valence-electron chi connectivity index (χ1n) is 6.99. The molecule has 1 atom stereocenters. The van der Waals surface area contributed by atoms with Crippen molar-refractivity contribution in [2.75, 3.05) is 17.6 Å². The molecule has 1 heterocycles. The lowest BCUT2D eigenvalue weighted by atomic mass is 10.0. The minimum atomic E-state index is -3.20. The number of nitrogens with zero attached hydrogens (tertiary/aromatic N) is 1. The fraction of sp³-hybridized carbons (Fsp3) is 0.643. The highest BCUT2D eigenvalue weighted by atomic mass is 79.9. The van der Waals surface area contributed by atoms with Gasteiger partial charge in [-0.15, -0.1) is 0 Å². The van der Waals surface area contributed by atoms with Crippen molar-refractivity contribution in [3.63, 3.8) is 0 Å². The van der Waals surface area contributed by atoms with Gasteiger partial charge in [-0.1, -0.05) is 29.3 Å². The van der Waals surface area contributed by atoms with Crippen LogP contribution < -0.4 is 4.72 Å². The molecule has 1 aromatic rings. The highest BCUT2D eigenvalue weighted by Gasteiger charge is 2.14. The van der Waals surface area contributed by atoms with Crippen LogP contribution in [0.4, 0.5) is 0 Å². The Morgan fingerprint density at radius 1 is 1.30 bits per heavy atom. The van der Waals surface area contributed by atoms with Crippen LogP contribution in [0.1, 0.15) is 31.7 Å². The van der Waals surface area contributed by atoms with Gasteiger partial charge < -0.3 is 0 Å². The molecule has 0 amide bonds. The molecular weight excluding hydrogens is 340 g/mol. The Morgan fingerprint density at radius 2 is 2.00 bits per heavy atom. The summed E-state index contributed by atoms with van der Waals surface area (Å²) in [4.78, 5) is 3.92. The molecule has 114 valence electrons. The van der Waals surface area contributed by atoms with Gasteiger partial charge in [-0.2, -0.15) is 0 Å². The molecule has 0 saturated heterocycles. The van der Waals surface area contributed by atoms with Crippen LogP contribution in [0.25, 0.3) is 0 Å². The highest BCUT2D eigenvalue weighted by Crippen LogP contribution is 2.12. The maximum atomic E-state index is 12.0. The zero-order chi connectivity index (χ0) is 14.8. The standard InChI is InChI=1S/C14H23BrN2O2S/c1-2-3-14(4-8-15)12-17-20(18,19)11-7-13-5-9-16-10-6-13/h5-6,9-10,14,17H,2-4,7-8,11-12H2,1H3. The second-order valence-corrected chi connectivity index (χ2v) is 7.62. The van der Waals surface area contributed by atoms with Crippen LogP contribution >= 0.6 is 15.9 Å². The quantitative estimate of drug-likeness (QED) is 0.651. The molecule has 0 aliphatic rings. The summed E-state index contributed by atoms with van der Waals surface area (Å²) in [5.74, 6) is 0.541. The van der Waals surface area contributed by atoms with E-state index in [1.165, 1.54) is 0 Å². The number of aryl methyl sites for hydroxylation is 1. The van der Waals surface area contributed by atoms with Gasteiger partial charge in [0.2, 0.25) is 10.0 Å². The van der Waals surface area contributed by atoms with Crippen LogP contribution in [0.15, 0.2) is 24.5 Å². The van der Waals surface area contributed by atoms with E-state index in [-0.39, 0.29) is 5.75 Å². The Bertz CT molecular complexity index is 459. The average Bonchev–Trinajstić information content (AvgIpc) is 2.45. The molecule has 0 saturated carbocycles. The lowest BCUT2D eigenvalue weighted by Crippen LogP contribution is -2.32. The van der Waals surface area contributed by atoms with E-state index in [9.17, 15) is 8.42 Å². The third kappa shape index (κ3) is 7.36. The van der Waals surface area contributed by atoms with Crippen molar-refractivity contribution in [3.05, 3.63) is 30.1 Å². The summed E-state index contributed by atoms with van der Waals surface area (Å²) in [5, 5.41) is 0.913. The molecular formula is C14H23BrN2O2S. The van der Waals surface area contributed by atoms with Gasteiger partial charge in [0.05, 0.1) is 5.75 Å². The number of rotatable bonds is 10. The van der Waals surface area contributed by atoms with Crippen LogP contribution in [0.5, 0.6) is 0 Å². The summed E-state index contributed by atoms with van der Waals surface area (Å²) in [6.45, 7) is 2.66. The van der Waals surface area contributed by atoms with E-state index in [0.717, 1.165) is 30.2 Å². The number of nitrogens with one attached hydrogen (secondary N) is 1. The van der Waals surface area contributed by atoms with E-state index in [2.05, 4.69) is 32.6 Å². The minimum absolute atomic E-state index is 0.129. The first-order chi connectivity index (χ1) is 9.57. The van der Waals surface area contributed by atoms with Crippen molar-refractivity contribution in [1.82, 2.24) is 9.71 Å². The second-order valence-electron chi connectivity index (χ2n) is 4.91. The van der Waals surface area contributed by atoms with Gasteiger partial charge in [0.1, 0.15) is 0 Å². The van der Waals surface area contributed by atoms with Gasteiger partial charge in [-0.05, 0) is 42.9 Å². The molecule has 1 rings (SSSR count). The molecule has 20 heavy (non-hydrogen) atoms. The molecule has 4 nitrogen and oxygen atoms in total. The fourth-order valence-corrected chi connectivity index (χ4v) is 3.82. The molecule has 0 aliphatic carbocycles. The number of sulfonamides is 1. The highest BCUT2D eigenvalue weighted by molar-refractivity contribution is 9.09. The number of aromatic nitrogens is 1. The van der Waals surface area contributed by atoms with E-state index in [0.29, 0.717) is 18.9 Å². The maximum Gasteiger partial charge on any atom is 0.211 e. The van der Waals surface area contributed by atoms with Crippen molar-refractivity contribution in [2.24, 2.45) is 5.92 Å². The van der Waals surface area contributed by atoms with Gasteiger partial charge in [-0.25, -0.2) is 13.1 Å². The lowest BCUT2D eigenvalue weighted by molar-refractivity contribution is 0.459. The van der Waals surface area contributed by atoms with Crippen LogP contribution in [-0.2, 0) is 16.4 Å². The Kier molecular flexibility index (Phi) is 8.33. The SMILES string of the molecule is CCCC(CCBr)CNS(=O)(=O)CCc1ccncc1. The summed E-state index contributed by atoms with van der Waals surface area (Å²) in [5.41, 5.74) is 0.996. The van der Waals surface area contributed by atoms with Gasteiger partial charge >= 0.3 is 0 Å². The van der Waals surface area contributed by atoms with E-state index in [4.69, 9.17) is 0 Å². The maximum absolute atomic E-state index is 12.0. The monoisotopic (exact) mass is 362 g/mol. The fourth-order valence-electron chi connectivity index (χ4n) is 2.03. The number of alkyl halides is 1. The summed E-state index contributed by atoms with van der Waals surface area (Å²) >= 11 is 3.42. The third-order valence-corrected chi connectivity index (χ3v) is 5.02. The lowest BCUT2D eigenvalue weighted by Gasteiger charge is -2.15. The van der Waals surface area contributed by atoms with Crippen LogP contribution in [0.3, 0.4) is 0 Å². The average molecular weight is 363 g/mol. The largest absolute Gasteiger partial charge is 0.265 e. The predicted molar refractivity (Wildman–Crippen MR) is 86.5 cm³/mol. The van der Waals surface area contributed by atoms with Crippen LogP contribution in [-0.4, -0.2) is 31.0 Å². The van der Waals surface area contributed by atoms with Crippen molar-refractivity contribution in [1.29, 1.82) is 0 Å². The molecule has 1 N–H and O–H groups in total. The van der Waals surface area contributed by atoms with Crippen LogP contribution in [0, 0.1) is 5.92 Å². The number of hydrogen-bond acceptors (Lipinski definition) is 3. The summed E-state index contributed by atoms with van der Waals surface area (Å²) in [6.07, 6.45) is 7.02. The topological polar surface area (TPSA) is 59.1 Å². The van der Waals surface area contributed by atoms with Gasteiger partial charge in [0.25, 0.3) is 0 Å². The molecule has 0 aromatic carbocycles. The van der Waals surface area contributed by atoms with Gasteiger partial charge in [-0.3, -0.25) is 4.98 Å². The molecule has 1 aromatic heterocycles. The summed E-state index contributed by atoms with van der Waals surface area (Å²) < 4.78 is 26.7. The van der Waals surface area contributed by atoms with E-state index in [1.54, 1.807) is 12.4 Å². The molecule has 0 aliphatic heterocycles. The van der Waals surface area contributed by atoms with E-state index < -0.39 is 10.0 Å². The Labute approximate surface area is 130 Å². The molecule has 6 heteroatoms. The molecule has 0 spiro atoms. The van der Waals surface area contributed by atoms with E-state index in [1.807, 2.05) is 12.1 Å². The number of pyridine rings is 1. The molecule has 0 fully saturated rings. The third-order valence-electron chi connectivity index (χ3n) is 3.22. The Hall–Kier alpha value is -0.460. The number of hydrogen-bond donors (Lipinski definition) is 1.